The van der Waals surface area contributed by atoms with Crippen LogP contribution in [-0.2, 0) is 6.54 Å². The van der Waals surface area contributed by atoms with Crippen molar-refractivity contribution in [3.63, 3.8) is 0 Å². The topological polar surface area (TPSA) is 42.0 Å². The van der Waals surface area contributed by atoms with Crippen molar-refractivity contribution in [1.82, 2.24) is 9.80 Å². The van der Waals surface area contributed by atoms with Crippen molar-refractivity contribution in [2.75, 3.05) is 40.4 Å². The molecule has 126 valence electrons. The lowest BCUT2D eigenvalue weighted by atomic mass is 10.1. The quantitative estimate of drug-likeness (QED) is 0.784. The van der Waals surface area contributed by atoms with Crippen molar-refractivity contribution < 1.29 is 14.3 Å². The maximum Gasteiger partial charge on any atom is 0.254 e. The molecule has 23 heavy (non-hydrogen) atoms. The number of fused-ring (bicyclic) bond motifs is 1. The molecule has 1 aromatic rings. The second kappa shape index (κ2) is 7.09. The van der Waals surface area contributed by atoms with Crippen LogP contribution in [0.15, 0.2) is 10.5 Å². The van der Waals surface area contributed by atoms with E-state index in [9.17, 15) is 4.79 Å². The molecule has 2 aliphatic rings. The number of rotatable bonds is 5. The standard InChI is InChI=1S/C17H23BrN2O3/c1-22-14-10-12-13(15(18)16(14)23-2)11-20(17(12)21)9-8-19-6-4-3-5-7-19/h10H,3-9,11H2,1-2H3. The molecule has 0 aromatic heterocycles. The zero-order valence-electron chi connectivity index (χ0n) is 13.7. The van der Waals surface area contributed by atoms with E-state index >= 15 is 0 Å². The Hall–Kier alpha value is -1.27. The van der Waals surface area contributed by atoms with Gasteiger partial charge in [0.05, 0.1) is 18.7 Å². The van der Waals surface area contributed by atoms with E-state index in [1.807, 2.05) is 4.90 Å². The summed E-state index contributed by atoms with van der Waals surface area (Å²) in [6, 6.07) is 1.79. The maximum absolute atomic E-state index is 12.7. The van der Waals surface area contributed by atoms with E-state index in [0.29, 0.717) is 23.6 Å². The van der Waals surface area contributed by atoms with Crippen molar-refractivity contribution in [2.24, 2.45) is 0 Å². The monoisotopic (exact) mass is 382 g/mol. The Labute approximate surface area is 145 Å². The fourth-order valence-corrected chi connectivity index (χ4v) is 4.09. The van der Waals surface area contributed by atoms with Gasteiger partial charge in [0.15, 0.2) is 11.5 Å². The summed E-state index contributed by atoms with van der Waals surface area (Å²) >= 11 is 3.57. The minimum atomic E-state index is 0.0821. The van der Waals surface area contributed by atoms with E-state index in [-0.39, 0.29) is 5.91 Å². The van der Waals surface area contributed by atoms with E-state index in [0.717, 1.165) is 36.2 Å². The van der Waals surface area contributed by atoms with Crippen LogP contribution in [0.2, 0.25) is 0 Å². The van der Waals surface area contributed by atoms with Gasteiger partial charge in [-0.1, -0.05) is 6.42 Å². The first-order valence-electron chi connectivity index (χ1n) is 8.10. The Kier molecular flexibility index (Phi) is 5.11. The number of hydrogen-bond acceptors (Lipinski definition) is 4. The smallest absolute Gasteiger partial charge is 0.254 e. The summed E-state index contributed by atoms with van der Waals surface area (Å²) in [4.78, 5) is 17.1. The zero-order valence-corrected chi connectivity index (χ0v) is 15.3. The van der Waals surface area contributed by atoms with Gasteiger partial charge in [0, 0.05) is 30.8 Å². The predicted octanol–water partition coefficient (Wildman–Crippen LogP) is 2.91. The molecular formula is C17H23BrN2O3. The number of piperidine rings is 1. The highest BCUT2D eigenvalue weighted by Gasteiger charge is 2.32. The third-order valence-electron chi connectivity index (χ3n) is 4.71. The van der Waals surface area contributed by atoms with Gasteiger partial charge in [-0.2, -0.15) is 0 Å². The van der Waals surface area contributed by atoms with Crippen molar-refractivity contribution >= 4 is 21.8 Å². The van der Waals surface area contributed by atoms with Gasteiger partial charge in [-0.3, -0.25) is 4.79 Å². The fourth-order valence-electron chi connectivity index (χ4n) is 3.39. The molecule has 0 saturated carbocycles. The molecule has 1 amide bonds. The van der Waals surface area contributed by atoms with Crippen LogP contribution in [0.3, 0.4) is 0 Å². The Morgan fingerprint density at radius 1 is 1.13 bits per heavy atom. The number of likely N-dealkylation sites (tertiary alicyclic amines) is 1. The van der Waals surface area contributed by atoms with Crippen LogP contribution < -0.4 is 9.47 Å². The summed E-state index contributed by atoms with van der Waals surface area (Å²) in [5.74, 6) is 1.32. The molecule has 0 radical (unpaired) electrons. The van der Waals surface area contributed by atoms with Crippen molar-refractivity contribution in [1.29, 1.82) is 0 Å². The number of methoxy groups -OCH3 is 2. The molecule has 0 aliphatic carbocycles. The van der Waals surface area contributed by atoms with Crippen LogP contribution in [0.25, 0.3) is 0 Å². The minimum absolute atomic E-state index is 0.0821. The second-order valence-electron chi connectivity index (χ2n) is 6.08. The second-order valence-corrected chi connectivity index (χ2v) is 6.87. The van der Waals surface area contributed by atoms with Crippen LogP contribution in [0.4, 0.5) is 0 Å². The van der Waals surface area contributed by atoms with Crippen molar-refractivity contribution in [3.8, 4) is 11.5 Å². The first kappa shape index (κ1) is 16.6. The molecule has 1 fully saturated rings. The first-order valence-corrected chi connectivity index (χ1v) is 8.90. The van der Waals surface area contributed by atoms with E-state index in [2.05, 4.69) is 20.8 Å². The molecule has 2 aliphatic heterocycles. The summed E-state index contributed by atoms with van der Waals surface area (Å²) in [5.41, 5.74) is 1.71. The van der Waals surface area contributed by atoms with Gasteiger partial charge < -0.3 is 19.3 Å². The highest BCUT2D eigenvalue weighted by molar-refractivity contribution is 9.10. The Morgan fingerprint density at radius 2 is 1.87 bits per heavy atom. The lowest BCUT2D eigenvalue weighted by Crippen LogP contribution is -2.38. The molecule has 3 rings (SSSR count). The molecule has 0 N–H and O–H groups in total. The average Bonchev–Trinajstić information content (AvgIpc) is 2.90. The van der Waals surface area contributed by atoms with Gasteiger partial charge in [0.2, 0.25) is 0 Å². The summed E-state index contributed by atoms with van der Waals surface area (Å²) in [7, 11) is 3.20. The molecule has 1 aromatic carbocycles. The summed E-state index contributed by atoms with van der Waals surface area (Å²) in [6.07, 6.45) is 3.87. The number of carbonyl (C=O) groups is 1. The van der Waals surface area contributed by atoms with E-state index in [1.165, 1.54) is 19.3 Å². The SMILES string of the molecule is COc1cc2c(c(Br)c1OC)CN(CCN1CCCCC1)C2=O. The highest BCUT2D eigenvalue weighted by atomic mass is 79.9. The summed E-state index contributed by atoms with van der Waals surface area (Å²) < 4.78 is 11.6. The van der Waals surface area contributed by atoms with E-state index < -0.39 is 0 Å². The predicted molar refractivity (Wildman–Crippen MR) is 92.3 cm³/mol. The first-order chi connectivity index (χ1) is 11.2. The van der Waals surface area contributed by atoms with Gasteiger partial charge in [-0.05, 0) is 47.9 Å². The van der Waals surface area contributed by atoms with Crippen LogP contribution in [0.1, 0.15) is 35.2 Å². The van der Waals surface area contributed by atoms with E-state index in [1.54, 1.807) is 20.3 Å². The summed E-state index contributed by atoms with van der Waals surface area (Å²) in [6.45, 7) is 4.65. The number of amides is 1. The molecule has 6 heteroatoms. The average molecular weight is 383 g/mol. The molecule has 5 nitrogen and oxygen atoms in total. The van der Waals surface area contributed by atoms with Crippen LogP contribution in [0.5, 0.6) is 11.5 Å². The third-order valence-corrected chi connectivity index (χ3v) is 5.55. The number of carbonyl (C=O) groups excluding carboxylic acids is 1. The molecule has 0 spiro atoms. The van der Waals surface area contributed by atoms with Gasteiger partial charge in [0.25, 0.3) is 5.91 Å². The fraction of sp³-hybridized carbons (Fsp3) is 0.588. The maximum atomic E-state index is 12.7. The largest absolute Gasteiger partial charge is 0.493 e. The van der Waals surface area contributed by atoms with Crippen molar-refractivity contribution in [2.45, 2.75) is 25.8 Å². The molecule has 0 atom stereocenters. The number of halogens is 1. The van der Waals surface area contributed by atoms with Crippen LogP contribution in [0, 0.1) is 0 Å². The lowest BCUT2D eigenvalue weighted by molar-refractivity contribution is 0.0752. The third kappa shape index (κ3) is 3.19. The minimum Gasteiger partial charge on any atom is -0.493 e. The van der Waals surface area contributed by atoms with Crippen LogP contribution >= 0.6 is 15.9 Å². The molecule has 0 bridgehead atoms. The lowest BCUT2D eigenvalue weighted by Gasteiger charge is -2.28. The van der Waals surface area contributed by atoms with Gasteiger partial charge in [-0.25, -0.2) is 0 Å². The molecule has 2 heterocycles. The Balaban J connectivity index is 1.74. The highest BCUT2D eigenvalue weighted by Crippen LogP contribution is 2.42. The number of benzene rings is 1. The normalized spacial score (nSPS) is 18.2. The molecule has 0 unspecified atom stereocenters. The number of ether oxygens (including phenoxy) is 2. The van der Waals surface area contributed by atoms with Crippen LogP contribution in [-0.4, -0.2) is 56.1 Å². The number of nitrogens with zero attached hydrogens (tertiary/aromatic N) is 2. The molecular weight excluding hydrogens is 360 g/mol. The number of hydrogen-bond donors (Lipinski definition) is 0. The zero-order chi connectivity index (χ0) is 16.4. The van der Waals surface area contributed by atoms with Gasteiger partial charge in [-0.15, -0.1) is 0 Å². The van der Waals surface area contributed by atoms with Gasteiger partial charge in [0.1, 0.15) is 0 Å². The Morgan fingerprint density at radius 3 is 2.52 bits per heavy atom. The van der Waals surface area contributed by atoms with Gasteiger partial charge >= 0.3 is 0 Å². The summed E-state index contributed by atoms with van der Waals surface area (Å²) in [5, 5.41) is 0. The Bertz CT molecular complexity index is 600. The van der Waals surface area contributed by atoms with Crippen molar-refractivity contribution in [3.05, 3.63) is 21.7 Å². The molecule has 1 saturated heterocycles. The van der Waals surface area contributed by atoms with E-state index in [4.69, 9.17) is 9.47 Å².